The van der Waals surface area contributed by atoms with Crippen molar-refractivity contribution in [1.82, 2.24) is 0 Å². The monoisotopic (exact) mass is 372 g/mol. The molecule has 1 heterocycles. The lowest BCUT2D eigenvalue weighted by Crippen LogP contribution is -2.28. The highest BCUT2D eigenvalue weighted by molar-refractivity contribution is 6.25. The second-order valence-electron chi connectivity index (χ2n) is 7.53. The van der Waals surface area contributed by atoms with Gasteiger partial charge in [0.15, 0.2) is 0 Å². The van der Waals surface area contributed by atoms with E-state index in [0.717, 1.165) is 33.3 Å². The molecular weight excluding hydrogens is 348 g/mol. The molecule has 0 fully saturated rings. The van der Waals surface area contributed by atoms with E-state index in [2.05, 4.69) is 19.2 Å². The summed E-state index contributed by atoms with van der Waals surface area (Å²) in [7, 11) is 0. The van der Waals surface area contributed by atoms with Gasteiger partial charge in [-0.05, 0) is 41.5 Å². The Morgan fingerprint density at radius 2 is 1.75 bits per heavy atom. The molecule has 4 rings (SSSR count). The fourth-order valence-electron chi connectivity index (χ4n) is 3.93. The molecule has 0 aliphatic carbocycles. The maximum Gasteiger partial charge on any atom is 0.258 e. The molecule has 0 saturated heterocycles. The molecule has 0 unspecified atom stereocenters. The lowest BCUT2D eigenvalue weighted by Gasteiger charge is -2.18. The van der Waals surface area contributed by atoms with Gasteiger partial charge in [0, 0.05) is 29.6 Å². The molecular formula is C24H24N2O2. The van der Waals surface area contributed by atoms with Crippen LogP contribution in [0.1, 0.15) is 48.5 Å². The number of nitrogens with one attached hydrogen (secondary N) is 1. The highest BCUT2D eigenvalue weighted by Gasteiger charge is 2.29. The van der Waals surface area contributed by atoms with Gasteiger partial charge >= 0.3 is 0 Å². The van der Waals surface area contributed by atoms with Crippen LogP contribution in [0, 0.1) is 0 Å². The van der Waals surface area contributed by atoms with Crippen LogP contribution in [-0.2, 0) is 4.79 Å². The smallest absolute Gasteiger partial charge is 0.258 e. The van der Waals surface area contributed by atoms with E-state index in [1.54, 1.807) is 4.90 Å². The van der Waals surface area contributed by atoms with Gasteiger partial charge in [0.05, 0.1) is 5.69 Å². The highest BCUT2D eigenvalue weighted by Crippen LogP contribution is 2.37. The molecule has 0 atom stereocenters. The van der Waals surface area contributed by atoms with Gasteiger partial charge in [-0.3, -0.25) is 9.59 Å². The molecule has 1 aliphatic rings. The molecule has 3 aromatic rings. The van der Waals surface area contributed by atoms with Gasteiger partial charge < -0.3 is 10.2 Å². The van der Waals surface area contributed by atoms with Crippen LogP contribution in [0.15, 0.2) is 60.7 Å². The molecule has 4 heteroatoms. The first-order valence-electron chi connectivity index (χ1n) is 9.78. The van der Waals surface area contributed by atoms with E-state index in [4.69, 9.17) is 0 Å². The minimum absolute atomic E-state index is 0.0181. The normalized spacial score (nSPS) is 12.8. The van der Waals surface area contributed by atoms with Gasteiger partial charge in [-0.1, -0.05) is 56.3 Å². The summed E-state index contributed by atoms with van der Waals surface area (Å²) in [6, 6.07) is 19.7. The number of benzene rings is 3. The van der Waals surface area contributed by atoms with E-state index in [-0.39, 0.29) is 11.8 Å². The summed E-state index contributed by atoms with van der Waals surface area (Å²) in [5.41, 5.74) is 3.71. The topological polar surface area (TPSA) is 49.4 Å². The Bertz CT molecular complexity index is 1050. The zero-order valence-corrected chi connectivity index (χ0v) is 16.2. The molecule has 0 aromatic heterocycles. The van der Waals surface area contributed by atoms with Gasteiger partial charge in [0.2, 0.25) is 5.91 Å². The van der Waals surface area contributed by atoms with Crippen molar-refractivity contribution in [2.24, 2.45) is 0 Å². The predicted molar refractivity (Wildman–Crippen MR) is 114 cm³/mol. The standard InChI is InChI=1S/C24H24N2O2/c1-16(2)18-10-3-4-12-20(18)25-22(27)14-7-15-26-21-13-6-9-17-8-5-11-19(23(17)21)24(26)28/h3-6,8-13,16H,7,14-15H2,1-2H3,(H,25,27). The zero-order chi connectivity index (χ0) is 19.7. The molecule has 3 aromatic carbocycles. The largest absolute Gasteiger partial charge is 0.326 e. The fourth-order valence-corrected chi connectivity index (χ4v) is 3.93. The third kappa shape index (κ3) is 3.26. The fraction of sp³-hybridized carbons (Fsp3) is 0.250. The van der Waals surface area contributed by atoms with E-state index < -0.39 is 0 Å². The summed E-state index contributed by atoms with van der Waals surface area (Å²) < 4.78 is 0. The molecule has 1 N–H and O–H groups in total. The first-order valence-corrected chi connectivity index (χ1v) is 9.78. The number of rotatable bonds is 6. The van der Waals surface area contributed by atoms with Crippen molar-refractivity contribution in [3.63, 3.8) is 0 Å². The van der Waals surface area contributed by atoms with Gasteiger partial charge in [-0.2, -0.15) is 0 Å². The molecule has 0 saturated carbocycles. The Morgan fingerprint density at radius 1 is 1.00 bits per heavy atom. The number of hydrogen-bond acceptors (Lipinski definition) is 2. The molecule has 0 bridgehead atoms. The van der Waals surface area contributed by atoms with Crippen LogP contribution in [0.3, 0.4) is 0 Å². The molecule has 0 spiro atoms. The minimum atomic E-state index is -0.0181. The van der Waals surface area contributed by atoms with Crippen molar-refractivity contribution in [3.05, 3.63) is 71.8 Å². The Hall–Kier alpha value is -3.14. The molecule has 4 nitrogen and oxygen atoms in total. The average molecular weight is 372 g/mol. The maximum absolute atomic E-state index is 12.8. The van der Waals surface area contributed by atoms with Crippen LogP contribution in [-0.4, -0.2) is 18.4 Å². The van der Waals surface area contributed by atoms with E-state index in [9.17, 15) is 9.59 Å². The second kappa shape index (κ2) is 7.47. The summed E-state index contributed by atoms with van der Waals surface area (Å²) in [5.74, 6) is 0.352. The number of anilines is 2. The highest BCUT2D eigenvalue weighted by atomic mass is 16.2. The molecule has 2 amide bonds. The third-order valence-corrected chi connectivity index (χ3v) is 5.29. The molecule has 0 radical (unpaired) electrons. The Balaban J connectivity index is 1.41. The van der Waals surface area contributed by atoms with E-state index in [1.165, 1.54) is 0 Å². The number of carbonyl (C=O) groups excluding carboxylic acids is 2. The first-order chi connectivity index (χ1) is 13.6. The van der Waals surface area contributed by atoms with Gasteiger partial charge in [-0.15, -0.1) is 0 Å². The lowest BCUT2D eigenvalue weighted by molar-refractivity contribution is -0.116. The van der Waals surface area contributed by atoms with Crippen LogP contribution in [0.5, 0.6) is 0 Å². The zero-order valence-electron chi connectivity index (χ0n) is 16.2. The Labute approximate surface area is 165 Å². The van der Waals surface area contributed by atoms with Crippen LogP contribution >= 0.6 is 0 Å². The van der Waals surface area contributed by atoms with Crippen LogP contribution in [0.4, 0.5) is 11.4 Å². The number of amides is 2. The number of para-hydroxylation sites is 1. The number of hydrogen-bond donors (Lipinski definition) is 1. The van der Waals surface area contributed by atoms with Crippen LogP contribution in [0.25, 0.3) is 10.8 Å². The third-order valence-electron chi connectivity index (χ3n) is 5.29. The SMILES string of the molecule is CC(C)c1ccccc1NC(=O)CCCN1C(=O)c2cccc3cccc1c23. The van der Waals surface area contributed by atoms with Crippen LogP contribution in [0.2, 0.25) is 0 Å². The van der Waals surface area contributed by atoms with Gasteiger partial charge in [-0.25, -0.2) is 0 Å². The molecule has 1 aliphatic heterocycles. The predicted octanol–water partition coefficient (Wildman–Crippen LogP) is 5.34. The molecule has 28 heavy (non-hydrogen) atoms. The summed E-state index contributed by atoms with van der Waals surface area (Å²) in [4.78, 5) is 27.0. The van der Waals surface area contributed by atoms with E-state index in [1.807, 2.05) is 60.7 Å². The van der Waals surface area contributed by atoms with Crippen molar-refractivity contribution < 1.29 is 9.59 Å². The van der Waals surface area contributed by atoms with Gasteiger partial charge in [0.25, 0.3) is 5.91 Å². The quantitative estimate of drug-likeness (QED) is 0.635. The molecule has 142 valence electrons. The summed E-state index contributed by atoms with van der Waals surface area (Å²) in [6.45, 7) is 4.76. The minimum Gasteiger partial charge on any atom is -0.326 e. The lowest BCUT2D eigenvalue weighted by atomic mass is 10.0. The Morgan fingerprint density at radius 3 is 2.54 bits per heavy atom. The van der Waals surface area contributed by atoms with Crippen molar-refractivity contribution in [2.45, 2.75) is 32.6 Å². The first kappa shape index (κ1) is 18.2. The Kier molecular flexibility index (Phi) is 4.86. The number of carbonyl (C=O) groups is 2. The van der Waals surface area contributed by atoms with Crippen LogP contribution < -0.4 is 10.2 Å². The second-order valence-corrected chi connectivity index (χ2v) is 7.53. The van der Waals surface area contributed by atoms with Gasteiger partial charge in [0.1, 0.15) is 0 Å². The van der Waals surface area contributed by atoms with Crippen molar-refractivity contribution in [3.8, 4) is 0 Å². The van der Waals surface area contributed by atoms with E-state index in [0.29, 0.717) is 25.3 Å². The van der Waals surface area contributed by atoms with Crippen molar-refractivity contribution >= 4 is 34.0 Å². The maximum atomic E-state index is 12.8. The average Bonchev–Trinajstić information content (AvgIpc) is 2.96. The number of nitrogens with zero attached hydrogens (tertiary/aromatic N) is 1. The summed E-state index contributed by atoms with van der Waals surface area (Å²) >= 11 is 0. The van der Waals surface area contributed by atoms with E-state index >= 15 is 0 Å². The summed E-state index contributed by atoms with van der Waals surface area (Å²) in [5, 5.41) is 5.12. The summed E-state index contributed by atoms with van der Waals surface area (Å²) in [6.07, 6.45) is 0.994. The van der Waals surface area contributed by atoms with Crippen molar-refractivity contribution in [2.75, 3.05) is 16.8 Å². The van der Waals surface area contributed by atoms with Crippen molar-refractivity contribution in [1.29, 1.82) is 0 Å².